The Balaban J connectivity index is 0.000000209. The predicted octanol–water partition coefficient (Wildman–Crippen LogP) is 1.62. The number of likely N-dealkylation sites (N-methyl/N-ethyl adjacent to an activating group) is 3. The number of ether oxygens (including phenoxy) is 1. The predicted molar refractivity (Wildman–Crippen MR) is 104 cm³/mol. The number of Topliss-reactive ketones (excluding diaryl/α,β-unsaturated/α-hetero) is 1. The molecule has 1 fully saturated rings. The van der Waals surface area contributed by atoms with Crippen molar-refractivity contribution in [2.75, 3.05) is 26.0 Å². The minimum absolute atomic E-state index is 0.0266. The molecule has 0 radical (unpaired) electrons. The number of allylic oxidation sites excluding steroid dienone is 1. The van der Waals surface area contributed by atoms with E-state index in [4.69, 9.17) is 9.84 Å². The van der Waals surface area contributed by atoms with Crippen molar-refractivity contribution in [3.8, 4) is 0 Å². The molecule has 2 heterocycles. The third-order valence-corrected chi connectivity index (χ3v) is 5.96. The van der Waals surface area contributed by atoms with E-state index in [2.05, 4.69) is 0 Å². The summed E-state index contributed by atoms with van der Waals surface area (Å²) in [5.41, 5.74) is 2.02. The third kappa shape index (κ3) is 3.68. The van der Waals surface area contributed by atoms with Crippen LogP contribution in [-0.4, -0.2) is 61.1 Å². The maximum Gasteiger partial charge on any atom is 0.328 e. The van der Waals surface area contributed by atoms with Crippen LogP contribution in [-0.2, 0) is 19.7 Å². The number of ketones is 1. The Morgan fingerprint density at radius 1 is 1.04 bits per heavy atom. The van der Waals surface area contributed by atoms with Gasteiger partial charge in [-0.25, -0.2) is 8.61 Å². The number of nitrogens with zero attached hydrogens (tertiary/aromatic N) is 3. The van der Waals surface area contributed by atoms with Crippen molar-refractivity contribution in [1.29, 1.82) is 0 Å². The summed E-state index contributed by atoms with van der Waals surface area (Å²) in [7, 11) is 0.472. The first-order valence-corrected chi connectivity index (χ1v) is 9.78. The Morgan fingerprint density at radius 2 is 1.64 bits per heavy atom. The maximum atomic E-state index is 12.0. The number of aliphatic hydroxyl groups excluding tert-OH is 1. The van der Waals surface area contributed by atoms with E-state index in [-0.39, 0.29) is 17.6 Å². The first kappa shape index (κ1) is 21.3. The molecular formula is C18H23N3O6S. The molecular weight excluding hydrogens is 386 g/mol. The molecule has 2 aliphatic rings. The molecule has 152 valence electrons. The molecule has 3 rings (SSSR count). The van der Waals surface area contributed by atoms with Gasteiger partial charge in [0.25, 0.3) is 5.91 Å². The van der Waals surface area contributed by atoms with E-state index in [1.807, 2.05) is 50.1 Å². The highest BCUT2D eigenvalue weighted by molar-refractivity contribution is 7.88. The van der Waals surface area contributed by atoms with Gasteiger partial charge < -0.3 is 14.7 Å². The summed E-state index contributed by atoms with van der Waals surface area (Å²) >= 11 is 0. The van der Waals surface area contributed by atoms with Gasteiger partial charge >= 0.3 is 10.2 Å². The molecule has 0 spiro atoms. The van der Waals surface area contributed by atoms with E-state index >= 15 is 0 Å². The summed E-state index contributed by atoms with van der Waals surface area (Å²) in [6, 6.07) is 7.57. The largest absolute Gasteiger partial charge is 0.513 e. The van der Waals surface area contributed by atoms with Crippen LogP contribution in [0.4, 0.5) is 5.69 Å². The summed E-state index contributed by atoms with van der Waals surface area (Å²) in [5, 5.41) is 8.54. The molecule has 28 heavy (non-hydrogen) atoms. The lowest BCUT2D eigenvalue weighted by Crippen LogP contribution is -2.28. The molecule has 1 N–H and O–H groups in total. The number of aliphatic hydroxyl groups is 1. The fourth-order valence-corrected chi connectivity index (χ4v) is 3.60. The van der Waals surface area contributed by atoms with Crippen LogP contribution in [0.3, 0.4) is 0 Å². The zero-order chi connectivity index (χ0) is 21.2. The monoisotopic (exact) mass is 409 g/mol. The van der Waals surface area contributed by atoms with E-state index in [1.54, 1.807) is 6.26 Å². The number of anilines is 1. The molecule has 0 aromatic heterocycles. The zero-order valence-corrected chi connectivity index (χ0v) is 17.1. The number of carbonyl (C=O) groups excluding carboxylic acids is 2. The van der Waals surface area contributed by atoms with Crippen LogP contribution < -0.4 is 4.90 Å². The van der Waals surface area contributed by atoms with Crippen molar-refractivity contribution < 1.29 is 27.9 Å². The normalized spacial score (nSPS) is 20.7. The molecule has 1 saturated heterocycles. The van der Waals surface area contributed by atoms with Crippen LogP contribution in [0.2, 0.25) is 0 Å². The molecule has 2 aliphatic heterocycles. The Kier molecular flexibility index (Phi) is 6.03. The average Bonchev–Trinajstić information content (AvgIpc) is 2.98. The van der Waals surface area contributed by atoms with Gasteiger partial charge in [0.05, 0.1) is 11.8 Å². The SMILES string of the molecule is CC(C)O/C=C1\C(=O)c2ccccc2N1C.CN1C(=O)/C(=C\O)N(C)S1(=O)=O. The maximum absolute atomic E-state index is 12.0. The topological polar surface area (TPSA) is 107 Å². The van der Waals surface area contributed by atoms with Crippen LogP contribution in [0.5, 0.6) is 0 Å². The Labute approximate surface area is 164 Å². The molecule has 1 amide bonds. The molecule has 9 nitrogen and oxygen atoms in total. The summed E-state index contributed by atoms with van der Waals surface area (Å²) in [6.45, 7) is 3.87. The van der Waals surface area contributed by atoms with Gasteiger partial charge in [0.15, 0.2) is 5.70 Å². The van der Waals surface area contributed by atoms with Crippen LogP contribution in [0.1, 0.15) is 24.2 Å². The van der Waals surface area contributed by atoms with E-state index in [0.29, 0.717) is 16.3 Å². The summed E-state index contributed by atoms with van der Waals surface area (Å²) < 4.78 is 29.0. The first-order valence-electron chi connectivity index (χ1n) is 8.38. The number of rotatable bonds is 2. The standard InChI is InChI=1S/C13H15NO2.C5H8N2O4S/c1-9(2)16-8-12-13(15)10-6-4-5-7-11(10)14(12)3;1-6-4(3-8)5(9)7(2)12(6,10)11/h4-9H,1-3H3;3,8H,1-2H3/b12-8+;4-3+. The highest BCUT2D eigenvalue weighted by atomic mass is 32.2. The van der Waals surface area contributed by atoms with Crippen molar-refractivity contribution in [1.82, 2.24) is 8.61 Å². The lowest BCUT2D eigenvalue weighted by Gasteiger charge is -2.13. The molecule has 0 unspecified atom stereocenters. The fraction of sp³-hybridized carbons (Fsp3) is 0.333. The molecule has 0 aliphatic carbocycles. The van der Waals surface area contributed by atoms with Gasteiger partial charge in [0.1, 0.15) is 18.2 Å². The number of amides is 1. The molecule has 0 atom stereocenters. The van der Waals surface area contributed by atoms with Gasteiger partial charge in [-0.15, -0.1) is 0 Å². The van der Waals surface area contributed by atoms with Crippen LogP contribution in [0, 0.1) is 0 Å². The Hall–Kier alpha value is -3.01. The second-order valence-corrected chi connectivity index (χ2v) is 8.35. The number of carbonyl (C=O) groups is 2. The Morgan fingerprint density at radius 3 is 2.07 bits per heavy atom. The van der Waals surface area contributed by atoms with Crippen molar-refractivity contribution in [2.24, 2.45) is 0 Å². The lowest BCUT2D eigenvalue weighted by atomic mass is 10.1. The minimum Gasteiger partial charge on any atom is -0.513 e. The van der Waals surface area contributed by atoms with E-state index in [9.17, 15) is 18.0 Å². The minimum atomic E-state index is -3.73. The average molecular weight is 409 g/mol. The fourth-order valence-electron chi connectivity index (χ4n) is 2.56. The molecule has 10 heteroatoms. The van der Waals surface area contributed by atoms with Gasteiger partial charge in [-0.2, -0.15) is 8.42 Å². The van der Waals surface area contributed by atoms with Crippen molar-refractivity contribution in [2.45, 2.75) is 20.0 Å². The van der Waals surface area contributed by atoms with Crippen LogP contribution in [0.15, 0.2) is 48.2 Å². The number of hydrogen-bond acceptors (Lipinski definition) is 7. The highest BCUT2D eigenvalue weighted by Gasteiger charge is 2.41. The third-order valence-electron chi connectivity index (χ3n) is 4.21. The van der Waals surface area contributed by atoms with Crippen LogP contribution >= 0.6 is 0 Å². The smallest absolute Gasteiger partial charge is 0.328 e. The Bertz CT molecular complexity index is 952. The number of para-hydroxylation sites is 1. The highest BCUT2D eigenvalue weighted by Crippen LogP contribution is 2.32. The molecule has 0 bridgehead atoms. The quantitative estimate of drug-likeness (QED) is 0.584. The van der Waals surface area contributed by atoms with E-state index in [0.717, 1.165) is 22.6 Å². The zero-order valence-electron chi connectivity index (χ0n) is 16.3. The van der Waals surface area contributed by atoms with Gasteiger partial charge in [-0.05, 0) is 26.0 Å². The number of hydrogen-bond donors (Lipinski definition) is 1. The second kappa shape index (κ2) is 7.93. The van der Waals surface area contributed by atoms with Gasteiger partial charge in [0.2, 0.25) is 5.78 Å². The first-order chi connectivity index (χ1) is 13.0. The van der Waals surface area contributed by atoms with Gasteiger partial charge in [-0.1, -0.05) is 12.1 Å². The summed E-state index contributed by atoms with van der Waals surface area (Å²) in [4.78, 5) is 24.9. The molecule has 1 aromatic rings. The van der Waals surface area contributed by atoms with Crippen molar-refractivity contribution in [3.63, 3.8) is 0 Å². The summed E-state index contributed by atoms with van der Waals surface area (Å²) in [6.07, 6.45) is 2.11. The second-order valence-electron chi connectivity index (χ2n) is 6.36. The molecule has 0 saturated carbocycles. The molecule has 1 aromatic carbocycles. The van der Waals surface area contributed by atoms with Gasteiger partial charge in [-0.3, -0.25) is 9.59 Å². The lowest BCUT2D eigenvalue weighted by molar-refractivity contribution is -0.121. The van der Waals surface area contributed by atoms with Gasteiger partial charge in [0, 0.05) is 26.7 Å². The summed E-state index contributed by atoms with van der Waals surface area (Å²) in [5.74, 6) is -0.709. The van der Waals surface area contributed by atoms with E-state index in [1.165, 1.54) is 7.05 Å². The number of benzene rings is 1. The van der Waals surface area contributed by atoms with E-state index < -0.39 is 16.1 Å². The van der Waals surface area contributed by atoms with Crippen LogP contribution in [0.25, 0.3) is 0 Å². The van der Waals surface area contributed by atoms with Crippen molar-refractivity contribution >= 4 is 27.6 Å². The van der Waals surface area contributed by atoms with Crippen molar-refractivity contribution in [3.05, 3.63) is 53.7 Å². The number of fused-ring (bicyclic) bond motifs is 1.